The average Bonchev–Trinajstić information content (AvgIpc) is 3.44. The smallest absolute Gasteiger partial charge is 0.256 e. The lowest BCUT2D eigenvalue weighted by Gasteiger charge is -2.23. The summed E-state index contributed by atoms with van der Waals surface area (Å²) in [6.07, 6.45) is 10.5. The van der Waals surface area contributed by atoms with Crippen molar-refractivity contribution in [2.45, 2.75) is 57.0 Å². The largest absolute Gasteiger partial charge is 0.493 e. The highest BCUT2D eigenvalue weighted by Gasteiger charge is 2.22. The van der Waals surface area contributed by atoms with Crippen molar-refractivity contribution in [2.75, 3.05) is 38.8 Å². The molecule has 4 aromatic rings. The summed E-state index contributed by atoms with van der Waals surface area (Å²) < 4.78 is 40.2. The average molecular weight is 633 g/mol. The summed E-state index contributed by atoms with van der Waals surface area (Å²) in [4.78, 5) is 17.5. The van der Waals surface area contributed by atoms with E-state index in [1.807, 2.05) is 0 Å². The molecule has 1 aliphatic heterocycles. The molecule has 2 aromatic heterocycles. The molecule has 0 radical (unpaired) electrons. The summed E-state index contributed by atoms with van der Waals surface area (Å²) in [5.74, 6) is 1.15. The summed E-state index contributed by atoms with van der Waals surface area (Å²) in [7, 11) is 3.32. The van der Waals surface area contributed by atoms with Gasteiger partial charge in [-0.1, -0.05) is 19.3 Å². The van der Waals surface area contributed by atoms with Crippen LogP contribution in [0.5, 0.6) is 23.0 Å². The molecule has 2 aromatic carbocycles. The lowest BCUT2D eigenvalue weighted by Crippen LogP contribution is -2.41. The lowest BCUT2D eigenvalue weighted by molar-refractivity contribution is 0.0721. The summed E-state index contributed by atoms with van der Waals surface area (Å²) in [6.45, 7) is 2.87. The Morgan fingerprint density at radius 1 is 1.11 bits per heavy atom. The van der Waals surface area contributed by atoms with Crippen LogP contribution in [-0.2, 0) is 11.8 Å². The third-order valence-corrected chi connectivity index (χ3v) is 8.37. The predicted molar refractivity (Wildman–Crippen MR) is 173 cm³/mol. The molecular weight excluding hydrogens is 591 g/mol. The molecule has 1 atom stereocenters. The first kappa shape index (κ1) is 31.6. The first-order chi connectivity index (χ1) is 22.5. The Morgan fingerprint density at radius 3 is 2.76 bits per heavy atom. The predicted octanol–water partition coefficient (Wildman–Crippen LogP) is 5.86. The van der Waals surface area contributed by atoms with Crippen LogP contribution in [0.25, 0.3) is 10.9 Å². The van der Waals surface area contributed by atoms with Crippen molar-refractivity contribution in [3.05, 3.63) is 60.2 Å². The molecule has 0 bridgehead atoms. The second-order valence-electron chi connectivity index (χ2n) is 11.8. The Hall–Kier alpha value is -4.42. The van der Waals surface area contributed by atoms with Crippen molar-refractivity contribution >= 4 is 28.3 Å². The molecule has 1 unspecified atom stereocenters. The van der Waals surface area contributed by atoms with Crippen molar-refractivity contribution in [1.82, 2.24) is 25.4 Å². The van der Waals surface area contributed by atoms with E-state index >= 15 is 4.39 Å². The quantitative estimate of drug-likeness (QED) is 0.165. The van der Waals surface area contributed by atoms with Gasteiger partial charge in [0.05, 0.1) is 32.4 Å². The van der Waals surface area contributed by atoms with Gasteiger partial charge in [0.1, 0.15) is 11.3 Å². The number of benzene rings is 2. The number of ether oxygens (including phenoxy) is 4. The van der Waals surface area contributed by atoms with Gasteiger partial charge in [0.25, 0.3) is 5.91 Å². The molecule has 2 fully saturated rings. The fourth-order valence-electron chi connectivity index (χ4n) is 5.98. The van der Waals surface area contributed by atoms with Crippen LogP contribution in [0.3, 0.4) is 0 Å². The molecular formula is C34H41FN6O5. The van der Waals surface area contributed by atoms with E-state index < -0.39 is 5.82 Å². The fourth-order valence-corrected chi connectivity index (χ4v) is 5.98. The van der Waals surface area contributed by atoms with Crippen molar-refractivity contribution in [2.24, 2.45) is 7.05 Å². The van der Waals surface area contributed by atoms with Crippen LogP contribution in [0, 0.1) is 5.82 Å². The van der Waals surface area contributed by atoms with E-state index in [1.165, 1.54) is 18.6 Å². The minimum Gasteiger partial charge on any atom is -0.493 e. The van der Waals surface area contributed by atoms with Crippen LogP contribution in [0.4, 0.5) is 15.9 Å². The molecule has 1 aliphatic carbocycles. The minimum atomic E-state index is -0.580. The summed E-state index contributed by atoms with van der Waals surface area (Å²) >= 11 is 0. The standard InChI is InChI=1S/C34H41FN6O5/c1-41-20-26(34(42)39-22-7-4-3-5-8-22)33(40-41)38-23-10-11-30(27(35)17-23)46-29-12-13-37-28-19-32(31(43-2)18-25(28)29)45-15-6-9-24-21-44-16-14-36-24/h10-13,17-20,22,24,36H,3-9,14-16,21H2,1-2H3,(H,38,40)(H,39,42). The van der Waals surface area contributed by atoms with Gasteiger partial charge in [0.15, 0.2) is 28.9 Å². The van der Waals surface area contributed by atoms with E-state index in [2.05, 4.69) is 26.0 Å². The van der Waals surface area contributed by atoms with Crippen LogP contribution in [0.1, 0.15) is 55.3 Å². The summed E-state index contributed by atoms with van der Waals surface area (Å²) in [6, 6.07) is 10.3. The van der Waals surface area contributed by atoms with Gasteiger partial charge in [-0.25, -0.2) is 4.39 Å². The zero-order valence-electron chi connectivity index (χ0n) is 26.3. The Morgan fingerprint density at radius 2 is 1.98 bits per heavy atom. The molecule has 2 aliphatic rings. The van der Waals surface area contributed by atoms with Crippen molar-refractivity contribution in [3.8, 4) is 23.0 Å². The maximum Gasteiger partial charge on any atom is 0.256 e. The number of hydrogen-bond donors (Lipinski definition) is 3. The van der Waals surface area contributed by atoms with E-state index in [0.717, 1.165) is 58.3 Å². The molecule has 11 nitrogen and oxygen atoms in total. The van der Waals surface area contributed by atoms with Gasteiger partial charge in [-0.3, -0.25) is 14.5 Å². The maximum atomic E-state index is 15.4. The Kier molecular flexibility index (Phi) is 10.1. The number of pyridine rings is 1. The second-order valence-corrected chi connectivity index (χ2v) is 11.8. The highest BCUT2D eigenvalue weighted by atomic mass is 19.1. The van der Waals surface area contributed by atoms with E-state index in [4.69, 9.17) is 18.9 Å². The number of rotatable bonds is 12. The zero-order valence-corrected chi connectivity index (χ0v) is 26.3. The number of nitrogens with zero attached hydrogens (tertiary/aromatic N) is 3. The van der Waals surface area contributed by atoms with Crippen LogP contribution in [0.15, 0.2) is 48.8 Å². The number of amides is 1. The minimum absolute atomic E-state index is 0.0360. The second kappa shape index (κ2) is 14.8. The number of anilines is 2. The highest BCUT2D eigenvalue weighted by Crippen LogP contribution is 2.38. The molecule has 46 heavy (non-hydrogen) atoms. The SMILES string of the molecule is COc1cc2c(Oc3ccc(Nc4nn(C)cc4C(=O)NC4CCCCC4)cc3F)ccnc2cc1OCCCC1COCCN1. The van der Waals surface area contributed by atoms with Crippen LogP contribution >= 0.6 is 0 Å². The van der Waals surface area contributed by atoms with Gasteiger partial charge in [-0.2, -0.15) is 5.10 Å². The monoisotopic (exact) mass is 632 g/mol. The highest BCUT2D eigenvalue weighted by molar-refractivity contribution is 5.99. The van der Waals surface area contributed by atoms with Gasteiger partial charge in [-0.05, 0) is 49.9 Å². The van der Waals surface area contributed by atoms with Crippen LogP contribution < -0.4 is 30.2 Å². The molecule has 1 amide bonds. The first-order valence-electron chi connectivity index (χ1n) is 16.0. The molecule has 12 heteroatoms. The Bertz CT molecular complexity index is 1650. The van der Waals surface area contributed by atoms with Crippen molar-refractivity contribution in [1.29, 1.82) is 0 Å². The maximum absolute atomic E-state index is 15.4. The molecule has 6 rings (SSSR count). The van der Waals surface area contributed by atoms with E-state index in [9.17, 15) is 4.79 Å². The number of hydrogen-bond acceptors (Lipinski definition) is 9. The normalized spacial score (nSPS) is 17.1. The number of aryl methyl sites for hydroxylation is 1. The number of morpholine rings is 1. The first-order valence-corrected chi connectivity index (χ1v) is 16.0. The molecule has 3 heterocycles. The third-order valence-electron chi connectivity index (χ3n) is 8.37. The van der Waals surface area contributed by atoms with Gasteiger partial charge in [-0.15, -0.1) is 0 Å². The third kappa shape index (κ3) is 7.68. The number of aromatic nitrogens is 3. The number of fused-ring (bicyclic) bond motifs is 1. The van der Waals surface area contributed by atoms with Gasteiger partial charge < -0.3 is 34.9 Å². The van der Waals surface area contributed by atoms with Gasteiger partial charge in [0, 0.05) is 61.3 Å². The molecule has 0 spiro atoms. The Labute approximate surface area is 267 Å². The molecule has 244 valence electrons. The van der Waals surface area contributed by atoms with Crippen molar-refractivity contribution in [3.63, 3.8) is 0 Å². The van der Waals surface area contributed by atoms with E-state index in [0.29, 0.717) is 57.9 Å². The van der Waals surface area contributed by atoms with E-state index in [-0.39, 0.29) is 17.7 Å². The number of nitrogens with one attached hydrogen (secondary N) is 3. The molecule has 3 N–H and O–H groups in total. The number of methoxy groups -OCH3 is 1. The molecule has 1 saturated heterocycles. The van der Waals surface area contributed by atoms with Gasteiger partial charge >= 0.3 is 0 Å². The lowest BCUT2D eigenvalue weighted by atomic mass is 9.95. The van der Waals surface area contributed by atoms with Crippen LogP contribution in [-0.4, -0.2) is 66.2 Å². The Balaban J connectivity index is 1.13. The van der Waals surface area contributed by atoms with E-state index in [1.54, 1.807) is 55.5 Å². The topological polar surface area (TPSA) is 121 Å². The zero-order chi connectivity index (χ0) is 31.9. The summed E-state index contributed by atoms with van der Waals surface area (Å²) in [5, 5.41) is 14.7. The van der Waals surface area contributed by atoms with Gasteiger partial charge in [0.2, 0.25) is 0 Å². The molecule has 1 saturated carbocycles. The fraction of sp³-hybridized carbons (Fsp3) is 0.441. The number of carbonyl (C=O) groups is 1. The van der Waals surface area contributed by atoms with Crippen molar-refractivity contribution < 1.29 is 28.1 Å². The summed E-state index contributed by atoms with van der Waals surface area (Å²) in [5.41, 5.74) is 1.47. The number of carbonyl (C=O) groups excluding carboxylic acids is 1. The van der Waals surface area contributed by atoms with Crippen LogP contribution in [0.2, 0.25) is 0 Å². The number of halogens is 1.